The Morgan fingerprint density at radius 2 is 1.40 bits per heavy atom. The second-order valence-electron chi connectivity index (χ2n) is 9.32. The number of hydrogen-bond donors (Lipinski definition) is 1. The lowest BCUT2D eigenvalue weighted by Gasteiger charge is -2.39. The molecule has 1 aliphatic rings. The Morgan fingerprint density at radius 3 is 1.83 bits per heavy atom. The SMILES string of the molecule is CN(C(=O)C(C)(c1ccc(Cl)cc1)c1ccc(Cl)cc1)[C@H](CN1CC[C@H](O)C1)c1ccc(Cl)cc1. The summed E-state index contributed by atoms with van der Waals surface area (Å²) in [6.45, 7) is 3.94. The highest BCUT2D eigenvalue weighted by Crippen LogP contribution is 2.37. The normalized spacial score (nSPS) is 17.4. The molecule has 7 heteroatoms. The Kier molecular flexibility index (Phi) is 8.09. The van der Waals surface area contributed by atoms with Crippen molar-refractivity contribution in [1.29, 1.82) is 0 Å². The molecular formula is C28H29Cl3N2O2. The van der Waals surface area contributed by atoms with Crippen LogP contribution in [0.3, 0.4) is 0 Å². The molecule has 3 aromatic rings. The zero-order valence-corrected chi connectivity index (χ0v) is 22.1. The summed E-state index contributed by atoms with van der Waals surface area (Å²) in [5.41, 5.74) is 1.69. The third kappa shape index (κ3) is 5.68. The summed E-state index contributed by atoms with van der Waals surface area (Å²) in [5, 5.41) is 11.9. The molecule has 0 radical (unpaired) electrons. The predicted molar refractivity (Wildman–Crippen MR) is 143 cm³/mol. The number of aliphatic hydroxyl groups excluding tert-OH is 1. The van der Waals surface area contributed by atoms with E-state index in [1.165, 1.54) is 0 Å². The van der Waals surface area contributed by atoms with Crippen molar-refractivity contribution in [3.63, 3.8) is 0 Å². The summed E-state index contributed by atoms with van der Waals surface area (Å²) in [6.07, 6.45) is 0.397. The fraction of sp³-hybridized carbons (Fsp3) is 0.321. The van der Waals surface area contributed by atoms with Gasteiger partial charge in [-0.15, -0.1) is 0 Å². The molecule has 1 fully saturated rings. The molecule has 35 heavy (non-hydrogen) atoms. The Labute approximate surface area is 222 Å². The first-order valence-electron chi connectivity index (χ1n) is 11.6. The van der Waals surface area contributed by atoms with Crippen LogP contribution in [0.25, 0.3) is 0 Å². The standard InChI is InChI=1S/C28H29Cl3N2O2/c1-28(20-5-11-23(30)12-6-20,21-7-13-24(31)14-8-21)27(35)32(2)26(18-33-16-15-25(34)17-33)19-3-9-22(29)10-4-19/h3-14,25-26,34H,15-18H2,1-2H3/t25-,26+/m0/s1. The van der Waals surface area contributed by atoms with Crippen LogP contribution in [-0.2, 0) is 10.2 Å². The van der Waals surface area contributed by atoms with Crippen molar-refractivity contribution in [2.75, 3.05) is 26.7 Å². The highest BCUT2D eigenvalue weighted by atomic mass is 35.5. The highest BCUT2D eigenvalue weighted by Gasteiger charge is 2.41. The Morgan fingerprint density at radius 1 is 0.943 bits per heavy atom. The van der Waals surface area contributed by atoms with Crippen molar-refractivity contribution in [1.82, 2.24) is 9.80 Å². The van der Waals surface area contributed by atoms with Gasteiger partial charge < -0.3 is 10.0 Å². The molecule has 1 heterocycles. The largest absolute Gasteiger partial charge is 0.392 e. The summed E-state index contributed by atoms with van der Waals surface area (Å²) in [6, 6.07) is 22.2. The van der Waals surface area contributed by atoms with E-state index in [1.807, 2.05) is 67.4 Å². The molecule has 184 valence electrons. The number of benzene rings is 3. The van der Waals surface area contributed by atoms with Crippen molar-refractivity contribution in [3.8, 4) is 0 Å². The van der Waals surface area contributed by atoms with Gasteiger partial charge in [-0.3, -0.25) is 9.69 Å². The predicted octanol–water partition coefficient (Wildman–Crippen LogP) is 6.22. The number of rotatable bonds is 7. The molecule has 1 aliphatic heterocycles. The van der Waals surface area contributed by atoms with E-state index in [9.17, 15) is 9.90 Å². The molecule has 4 nitrogen and oxygen atoms in total. The molecule has 1 saturated heterocycles. The summed E-state index contributed by atoms with van der Waals surface area (Å²) >= 11 is 18.5. The second-order valence-corrected chi connectivity index (χ2v) is 10.6. The molecule has 1 amide bonds. The third-order valence-corrected chi connectivity index (χ3v) is 7.75. The molecule has 1 N–H and O–H groups in total. The number of halogens is 3. The van der Waals surface area contributed by atoms with E-state index >= 15 is 0 Å². The Balaban J connectivity index is 1.75. The number of aliphatic hydroxyl groups is 1. The van der Waals surface area contributed by atoms with Gasteiger partial charge in [0, 0.05) is 41.7 Å². The zero-order chi connectivity index (χ0) is 25.2. The minimum absolute atomic E-state index is 0.0539. The summed E-state index contributed by atoms with van der Waals surface area (Å²) in [5.74, 6) is -0.0539. The summed E-state index contributed by atoms with van der Waals surface area (Å²) in [7, 11) is 1.85. The molecule has 0 spiro atoms. The minimum Gasteiger partial charge on any atom is -0.392 e. The molecule has 0 bridgehead atoms. The van der Waals surface area contributed by atoms with Crippen LogP contribution < -0.4 is 0 Å². The van der Waals surface area contributed by atoms with Gasteiger partial charge in [0.05, 0.1) is 17.6 Å². The molecular weight excluding hydrogens is 503 g/mol. The molecule has 2 atom stereocenters. The van der Waals surface area contributed by atoms with E-state index in [4.69, 9.17) is 34.8 Å². The Bertz CT molecular complexity index is 1100. The molecule has 0 aliphatic carbocycles. The molecule has 4 rings (SSSR count). The fourth-order valence-corrected chi connectivity index (χ4v) is 5.21. The molecule has 3 aromatic carbocycles. The number of nitrogens with zero attached hydrogens (tertiary/aromatic N) is 2. The van der Waals surface area contributed by atoms with Gasteiger partial charge in [0.15, 0.2) is 0 Å². The van der Waals surface area contributed by atoms with E-state index in [-0.39, 0.29) is 18.1 Å². The van der Waals surface area contributed by atoms with Crippen LogP contribution in [0.5, 0.6) is 0 Å². The topological polar surface area (TPSA) is 43.8 Å². The van der Waals surface area contributed by atoms with Gasteiger partial charge in [-0.1, -0.05) is 71.2 Å². The van der Waals surface area contributed by atoms with Crippen LogP contribution in [0.4, 0.5) is 0 Å². The van der Waals surface area contributed by atoms with Gasteiger partial charge in [0.25, 0.3) is 0 Å². The maximum absolute atomic E-state index is 14.4. The Hall–Kier alpha value is -2.08. The van der Waals surface area contributed by atoms with Gasteiger partial charge in [0.1, 0.15) is 0 Å². The van der Waals surface area contributed by atoms with Crippen molar-refractivity contribution < 1.29 is 9.90 Å². The third-order valence-electron chi connectivity index (χ3n) is 6.99. The van der Waals surface area contributed by atoms with Crippen molar-refractivity contribution in [3.05, 3.63) is 105 Å². The summed E-state index contributed by atoms with van der Waals surface area (Å²) in [4.78, 5) is 18.4. The molecule has 0 aromatic heterocycles. The van der Waals surface area contributed by atoms with Gasteiger partial charge >= 0.3 is 0 Å². The lowest BCUT2D eigenvalue weighted by molar-refractivity contribution is -0.136. The second kappa shape index (κ2) is 10.9. The average Bonchev–Trinajstić information content (AvgIpc) is 3.27. The number of carbonyl (C=O) groups excluding carboxylic acids is 1. The van der Waals surface area contributed by atoms with Crippen LogP contribution in [-0.4, -0.2) is 53.6 Å². The highest BCUT2D eigenvalue weighted by molar-refractivity contribution is 6.31. The van der Waals surface area contributed by atoms with E-state index < -0.39 is 5.41 Å². The maximum atomic E-state index is 14.4. The fourth-order valence-electron chi connectivity index (χ4n) is 4.83. The van der Waals surface area contributed by atoms with E-state index in [2.05, 4.69) is 4.90 Å². The van der Waals surface area contributed by atoms with Gasteiger partial charge in [-0.05, 0) is 66.4 Å². The first-order chi connectivity index (χ1) is 16.7. The van der Waals surface area contributed by atoms with E-state index in [1.54, 1.807) is 24.3 Å². The van der Waals surface area contributed by atoms with Crippen LogP contribution >= 0.6 is 34.8 Å². The van der Waals surface area contributed by atoms with E-state index in [0.717, 1.165) is 29.7 Å². The van der Waals surface area contributed by atoms with Crippen molar-refractivity contribution in [2.45, 2.75) is 30.9 Å². The maximum Gasteiger partial charge on any atom is 0.237 e. The summed E-state index contributed by atoms with van der Waals surface area (Å²) < 4.78 is 0. The van der Waals surface area contributed by atoms with Crippen LogP contribution in [0.1, 0.15) is 36.1 Å². The number of likely N-dealkylation sites (N-methyl/N-ethyl adjacent to an activating group) is 1. The lowest BCUT2D eigenvalue weighted by Crippen LogP contribution is -2.48. The quantitative estimate of drug-likeness (QED) is 0.394. The number of amides is 1. The number of likely N-dealkylation sites (tertiary alicyclic amines) is 1. The van der Waals surface area contributed by atoms with Gasteiger partial charge in [0.2, 0.25) is 5.91 Å². The molecule has 0 unspecified atom stereocenters. The monoisotopic (exact) mass is 530 g/mol. The van der Waals surface area contributed by atoms with E-state index in [0.29, 0.717) is 28.2 Å². The average molecular weight is 532 g/mol. The first-order valence-corrected chi connectivity index (χ1v) is 12.8. The first kappa shape index (κ1) is 26.0. The van der Waals surface area contributed by atoms with Gasteiger partial charge in [-0.25, -0.2) is 0 Å². The van der Waals surface area contributed by atoms with Crippen molar-refractivity contribution >= 4 is 40.7 Å². The number of β-amino-alcohol motifs (C(OH)–C–C–N with tert-alkyl or cyclic N) is 1. The molecule has 0 saturated carbocycles. The number of hydrogen-bond acceptors (Lipinski definition) is 3. The lowest BCUT2D eigenvalue weighted by atomic mass is 9.74. The smallest absolute Gasteiger partial charge is 0.237 e. The van der Waals surface area contributed by atoms with Crippen molar-refractivity contribution in [2.24, 2.45) is 0 Å². The van der Waals surface area contributed by atoms with Crippen LogP contribution in [0.15, 0.2) is 72.8 Å². The van der Waals surface area contributed by atoms with Crippen LogP contribution in [0.2, 0.25) is 15.1 Å². The number of carbonyl (C=O) groups is 1. The van der Waals surface area contributed by atoms with Crippen LogP contribution in [0, 0.1) is 0 Å². The minimum atomic E-state index is -0.973. The zero-order valence-electron chi connectivity index (χ0n) is 19.8. The van der Waals surface area contributed by atoms with Gasteiger partial charge in [-0.2, -0.15) is 0 Å².